The van der Waals surface area contributed by atoms with Crippen molar-refractivity contribution in [3.8, 4) is 0 Å². The fourth-order valence-electron chi connectivity index (χ4n) is 1.59. The molecule has 0 bridgehead atoms. The Labute approximate surface area is 99.2 Å². The van der Waals surface area contributed by atoms with Gasteiger partial charge >= 0.3 is 11.9 Å². The summed E-state index contributed by atoms with van der Waals surface area (Å²) in [5.74, 6) is -2.43. The van der Waals surface area contributed by atoms with Crippen molar-refractivity contribution in [2.75, 3.05) is 0 Å². The third-order valence-electron chi connectivity index (χ3n) is 2.44. The van der Waals surface area contributed by atoms with E-state index in [0.29, 0.717) is 17.5 Å². The number of hydrogen-bond donors (Lipinski definition) is 2. The Morgan fingerprint density at radius 3 is 2.24 bits per heavy atom. The first-order chi connectivity index (χ1) is 8.04. The molecule has 0 aliphatic rings. The second-order valence-electron chi connectivity index (χ2n) is 3.73. The molecule has 1 rings (SSSR count). The molecule has 1 atom stereocenters. The van der Waals surface area contributed by atoms with Gasteiger partial charge in [-0.3, -0.25) is 9.59 Å². The second kappa shape index (κ2) is 5.84. The van der Waals surface area contributed by atoms with Crippen LogP contribution in [0.25, 0.3) is 0 Å². The Balaban J connectivity index is 2.87. The van der Waals surface area contributed by atoms with E-state index in [1.807, 2.05) is 0 Å². The predicted octanol–water partition coefficient (Wildman–Crippen LogP) is 2.06. The quantitative estimate of drug-likeness (QED) is 0.739. The molecule has 0 spiro atoms. The molecule has 17 heavy (non-hydrogen) atoms. The summed E-state index contributed by atoms with van der Waals surface area (Å²) < 4.78 is 0. The standard InChI is InChI=1S/C13H14O4/c1-2-3-11(13(16)17)10-6-4-9(5-7-10)8-12(14)15/h2,4-7,11H,1,3,8H2,(H,14,15)(H,16,17). The molecule has 0 aromatic heterocycles. The van der Waals surface area contributed by atoms with Crippen molar-refractivity contribution in [2.24, 2.45) is 0 Å². The van der Waals surface area contributed by atoms with Crippen molar-refractivity contribution in [3.63, 3.8) is 0 Å². The summed E-state index contributed by atoms with van der Waals surface area (Å²) in [4.78, 5) is 21.5. The van der Waals surface area contributed by atoms with Crippen LogP contribution in [0.4, 0.5) is 0 Å². The molecule has 0 saturated heterocycles. The Kier molecular flexibility index (Phi) is 4.46. The zero-order valence-corrected chi connectivity index (χ0v) is 9.30. The van der Waals surface area contributed by atoms with Crippen LogP contribution < -0.4 is 0 Å². The lowest BCUT2D eigenvalue weighted by atomic mass is 9.94. The molecular weight excluding hydrogens is 220 g/mol. The van der Waals surface area contributed by atoms with Crippen LogP contribution in [0.2, 0.25) is 0 Å². The third-order valence-corrected chi connectivity index (χ3v) is 2.44. The molecule has 0 radical (unpaired) electrons. The molecule has 90 valence electrons. The van der Waals surface area contributed by atoms with E-state index in [1.54, 1.807) is 30.3 Å². The molecule has 0 fully saturated rings. The molecule has 4 heteroatoms. The number of hydrogen-bond acceptors (Lipinski definition) is 2. The fourth-order valence-corrected chi connectivity index (χ4v) is 1.59. The number of carboxylic acids is 2. The van der Waals surface area contributed by atoms with Gasteiger partial charge in [0.2, 0.25) is 0 Å². The Bertz CT molecular complexity index is 420. The number of benzene rings is 1. The van der Waals surface area contributed by atoms with E-state index in [1.165, 1.54) is 0 Å². The van der Waals surface area contributed by atoms with Crippen molar-refractivity contribution < 1.29 is 19.8 Å². The minimum atomic E-state index is -0.907. The van der Waals surface area contributed by atoms with Crippen LogP contribution in [0.1, 0.15) is 23.5 Å². The summed E-state index contributed by atoms with van der Waals surface area (Å²) in [6.07, 6.45) is 1.86. The van der Waals surface area contributed by atoms with E-state index < -0.39 is 17.9 Å². The van der Waals surface area contributed by atoms with Gasteiger partial charge in [0.15, 0.2) is 0 Å². The minimum Gasteiger partial charge on any atom is -0.481 e. The highest BCUT2D eigenvalue weighted by atomic mass is 16.4. The number of allylic oxidation sites excluding steroid dienone is 1. The van der Waals surface area contributed by atoms with Crippen LogP contribution >= 0.6 is 0 Å². The smallest absolute Gasteiger partial charge is 0.311 e. The minimum absolute atomic E-state index is 0.0561. The van der Waals surface area contributed by atoms with Gasteiger partial charge in [-0.15, -0.1) is 6.58 Å². The second-order valence-corrected chi connectivity index (χ2v) is 3.73. The molecule has 1 unspecified atom stereocenters. The molecule has 0 heterocycles. The normalized spacial score (nSPS) is 11.8. The van der Waals surface area contributed by atoms with Gasteiger partial charge in [0.1, 0.15) is 0 Å². The molecule has 0 aliphatic heterocycles. The monoisotopic (exact) mass is 234 g/mol. The van der Waals surface area contributed by atoms with Gasteiger partial charge in [-0.1, -0.05) is 30.3 Å². The van der Waals surface area contributed by atoms with Gasteiger partial charge in [0.05, 0.1) is 12.3 Å². The lowest BCUT2D eigenvalue weighted by Gasteiger charge is -2.10. The van der Waals surface area contributed by atoms with Crippen LogP contribution in [-0.2, 0) is 16.0 Å². The maximum Gasteiger partial charge on any atom is 0.311 e. The van der Waals surface area contributed by atoms with E-state index in [4.69, 9.17) is 10.2 Å². The summed E-state index contributed by atoms with van der Waals surface area (Å²) in [5.41, 5.74) is 1.32. The lowest BCUT2D eigenvalue weighted by Crippen LogP contribution is -2.11. The van der Waals surface area contributed by atoms with E-state index in [2.05, 4.69) is 6.58 Å². The SMILES string of the molecule is C=CCC(C(=O)O)c1ccc(CC(=O)O)cc1. The summed E-state index contributed by atoms with van der Waals surface area (Å²) >= 11 is 0. The van der Waals surface area contributed by atoms with E-state index >= 15 is 0 Å². The summed E-state index contributed by atoms with van der Waals surface area (Å²) in [6.45, 7) is 3.52. The average molecular weight is 234 g/mol. The molecule has 1 aromatic rings. The van der Waals surface area contributed by atoms with Crippen LogP contribution in [0.5, 0.6) is 0 Å². The van der Waals surface area contributed by atoms with Crippen molar-refractivity contribution in [1.82, 2.24) is 0 Å². The van der Waals surface area contributed by atoms with Crippen molar-refractivity contribution >= 4 is 11.9 Å². The van der Waals surface area contributed by atoms with Gasteiger partial charge in [-0.25, -0.2) is 0 Å². The molecule has 0 aliphatic carbocycles. The van der Waals surface area contributed by atoms with Crippen LogP contribution in [0.15, 0.2) is 36.9 Å². The average Bonchev–Trinajstić information content (AvgIpc) is 2.26. The van der Waals surface area contributed by atoms with E-state index in [9.17, 15) is 9.59 Å². The first-order valence-corrected chi connectivity index (χ1v) is 5.19. The van der Waals surface area contributed by atoms with Gasteiger partial charge in [-0.2, -0.15) is 0 Å². The van der Waals surface area contributed by atoms with Crippen LogP contribution in [-0.4, -0.2) is 22.2 Å². The Morgan fingerprint density at radius 1 is 1.24 bits per heavy atom. The first kappa shape index (κ1) is 13.0. The molecule has 0 saturated carbocycles. The first-order valence-electron chi connectivity index (χ1n) is 5.19. The zero-order valence-electron chi connectivity index (χ0n) is 9.30. The Morgan fingerprint density at radius 2 is 1.82 bits per heavy atom. The van der Waals surface area contributed by atoms with Gasteiger partial charge in [0.25, 0.3) is 0 Å². The summed E-state index contributed by atoms with van der Waals surface area (Å²) in [5, 5.41) is 17.6. The maximum atomic E-state index is 11.0. The van der Waals surface area contributed by atoms with Crippen molar-refractivity contribution in [3.05, 3.63) is 48.0 Å². The lowest BCUT2D eigenvalue weighted by molar-refractivity contribution is -0.139. The fraction of sp³-hybridized carbons (Fsp3) is 0.231. The molecule has 2 N–H and O–H groups in total. The molecule has 4 nitrogen and oxygen atoms in total. The maximum absolute atomic E-state index is 11.0. The Hall–Kier alpha value is -2.10. The van der Waals surface area contributed by atoms with Crippen LogP contribution in [0, 0.1) is 0 Å². The number of aliphatic carboxylic acids is 2. The third kappa shape index (κ3) is 3.75. The molecular formula is C13H14O4. The number of carboxylic acid groups (broad SMARTS) is 2. The summed E-state index contributed by atoms with van der Waals surface area (Å²) in [7, 11) is 0. The highest BCUT2D eigenvalue weighted by Crippen LogP contribution is 2.21. The van der Waals surface area contributed by atoms with Crippen molar-refractivity contribution in [1.29, 1.82) is 0 Å². The highest BCUT2D eigenvalue weighted by Gasteiger charge is 2.17. The summed E-state index contributed by atoms with van der Waals surface area (Å²) in [6, 6.07) is 6.59. The molecule has 1 aromatic carbocycles. The van der Waals surface area contributed by atoms with Crippen molar-refractivity contribution in [2.45, 2.75) is 18.8 Å². The highest BCUT2D eigenvalue weighted by molar-refractivity contribution is 5.76. The predicted molar refractivity (Wildman–Crippen MR) is 63.0 cm³/mol. The van der Waals surface area contributed by atoms with Gasteiger partial charge in [-0.05, 0) is 17.5 Å². The van der Waals surface area contributed by atoms with Crippen LogP contribution in [0.3, 0.4) is 0 Å². The number of carbonyl (C=O) groups is 2. The number of rotatable bonds is 6. The molecule has 0 amide bonds. The van der Waals surface area contributed by atoms with Gasteiger partial charge < -0.3 is 10.2 Å². The van der Waals surface area contributed by atoms with E-state index in [-0.39, 0.29) is 6.42 Å². The zero-order chi connectivity index (χ0) is 12.8. The van der Waals surface area contributed by atoms with Gasteiger partial charge in [0, 0.05) is 0 Å². The topological polar surface area (TPSA) is 74.6 Å². The largest absolute Gasteiger partial charge is 0.481 e. The van der Waals surface area contributed by atoms with E-state index in [0.717, 1.165) is 0 Å².